The summed E-state index contributed by atoms with van der Waals surface area (Å²) >= 11 is 0. The molecule has 128 valence electrons. The van der Waals surface area contributed by atoms with Crippen molar-refractivity contribution >= 4 is 5.97 Å². The minimum atomic E-state index is -4.52. The molecule has 24 heavy (non-hydrogen) atoms. The Hall–Kier alpha value is -2.34. The Bertz CT molecular complexity index is 654. The Balaban J connectivity index is 1.99. The van der Waals surface area contributed by atoms with Gasteiger partial charge in [-0.3, -0.25) is 4.79 Å². The number of benzene rings is 2. The largest absolute Gasteiger partial charge is 0.455 e. The first kappa shape index (κ1) is 18.0. The molecule has 2 aromatic carbocycles. The van der Waals surface area contributed by atoms with Gasteiger partial charge in [-0.1, -0.05) is 54.6 Å². The fourth-order valence-corrected chi connectivity index (χ4v) is 2.26. The fourth-order valence-electron chi connectivity index (χ4n) is 2.26. The van der Waals surface area contributed by atoms with Crippen LogP contribution in [0.1, 0.15) is 5.56 Å². The van der Waals surface area contributed by atoms with Gasteiger partial charge < -0.3 is 10.1 Å². The number of carbonyl (C=O) groups is 1. The standard InChI is InChI=1S/C18H18F3NO2/c1-22-16(17(23)24-12-18(19,20)21)11-13-7-9-15(10-8-13)14-5-3-2-4-6-14/h2-10,16,22H,11-12H2,1H3/t16-/m0/s1. The van der Waals surface area contributed by atoms with Crippen LogP contribution in [0.5, 0.6) is 0 Å². The molecule has 0 bridgehead atoms. The van der Waals surface area contributed by atoms with Gasteiger partial charge in [0.15, 0.2) is 6.61 Å². The van der Waals surface area contributed by atoms with E-state index in [0.29, 0.717) is 0 Å². The predicted octanol–water partition coefficient (Wildman–Crippen LogP) is 3.59. The number of halogens is 3. The zero-order chi connectivity index (χ0) is 17.6. The molecule has 0 fully saturated rings. The van der Waals surface area contributed by atoms with E-state index < -0.39 is 24.8 Å². The molecule has 0 unspecified atom stereocenters. The van der Waals surface area contributed by atoms with Gasteiger partial charge in [0.05, 0.1) is 0 Å². The average Bonchev–Trinajstić information content (AvgIpc) is 2.58. The zero-order valence-electron chi connectivity index (χ0n) is 13.1. The molecule has 0 radical (unpaired) electrons. The SMILES string of the molecule is CN[C@@H](Cc1ccc(-c2ccccc2)cc1)C(=O)OCC(F)(F)F. The lowest BCUT2D eigenvalue weighted by molar-refractivity contribution is -0.187. The van der Waals surface area contributed by atoms with Crippen molar-refractivity contribution in [1.29, 1.82) is 0 Å². The maximum atomic E-state index is 12.1. The molecule has 1 N–H and O–H groups in total. The van der Waals surface area contributed by atoms with E-state index in [2.05, 4.69) is 10.1 Å². The second kappa shape index (κ2) is 7.97. The summed E-state index contributed by atoms with van der Waals surface area (Å²) in [6, 6.07) is 16.5. The fraction of sp³-hybridized carbons (Fsp3) is 0.278. The summed E-state index contributed by atoms with van der Waals surface area (Å²) in [6.45, 7) is -1.57. The molecule has 0 heterocycles. The lowest BCUT2D eigenvalue weighted by Gasteiger charge is -2.16. The molecule has 2 aromatic rings. The van der Waals surface area contributed by atoms with Crippen LogP contribution in [0.4, 0.5) is 13.2 Å². The highest BCUT2D eigenvalue weighted by molar-refractivity contribution is 5.76. The number of nitrogens with one attached hydrogen (secondary N) is 1. The molecular formula is C18H18F3NO2. The van der Waals surface area contributed by atoms with Crippen LogP contribution in [-0.4, -0.2) is 31.8 Å². The second-order valence-corrected chi connectivity index (χ2v) is 5.33. The summed E-state index contributed by atoms with van der Waals surface area (Å²) in [6.07, 6.45) is -4.27. The van der Waals surface area contributed by atoms with Crippen molar-refractivity contribution in [2.75, 3.05) is 13.7 Å². The summed E-state index contributed by atoms with van der Waals surface area (Å²) in [5.41, 5.74) is 2.93. The van der Waals surface area contributed by atoms with Crippen molar-refractivity contribution in [1.82, 2.24) is 5.32 Å². The highest BCUT2D eigenvalue weighted by Crippen LogP contribution is 2.20. The first-order valence-corrected chi connectivity index (χ1v) is 7.44. The molecule has 0 saturated carbocycles. The van der Waals surface area contributed by atoms with Crippen molar-refractivity contribution in [3.8, 4) is 11.1 Å². The highest BCUT2D eigenvalue weighted by Gasteiger charge is 2.31. The van der Waals surface area contributed by atoms with Crippen LogP contribution in [0.3, 0.4) is 0 Å². The number of hydrogen-bond acceptors (Lipinski definition) is 3. The van der Waals surface area contributed by atoms with Gasteiger partial charge >= 0.3 is 12.1 Å². The predicted molar refractivity (Wildman–Crippen MR) is 85.4 cm³/mol. The Morgan fingerprint density at radius 3 is 2.17 bits per heavy atom. The van der Waals surface area contributed by atoms with Gasteiger partial charge in [0.2, 0.25) is 0 Å². The van der Waals surface area contributed by atoms with Crippen molar-refractivity contribution in [3.63, 3.8) is 0 Å². The number of likely N-dealkylation sites (N-methyl/N-ethyl adjacent to an activating group) is 1. The summed E-state index contributed by atoms with van der Waals surface area (Å²) in [4.78, 5) is 11.7. The van der Waals surface area contributed by atoms with Crippen LogP contribution in [0.15, 0.2) is 54.6 Å². The van der Waals surface area contributed by atoms with E-state index in [1.165, 1.54) is 7.05 Å². The lowest BCUT2D eigenvalue weighted by atomic mass is 10.0. The second-order valence-electron chi connectivity index (χ2n) is 5.33. The Kier molecular flexibility index (Phi) is 5.98. The molecule has 1 atom stereocenters. The quantitative estimate of drug-likeness (QED) is 0.819. The number of carbonyl (C=O) groups excluding carboxylic acids is 1. The van der Waals surface area contributed by atoms with E-state index in [9.17, 15) is 18.0 Å². The van der Waals surface area contributed by atoms with Crippen LogP contribution in [-0.2, 0) is 16.0 Å². The smallest absolute Gasteiger partial charge is 0.422 e. The monoisotopic (exact) mass is 337 g/mol. The van der Waals surface area contributed by atoms with Crippen LogP contribution in [0.25, 0.3) is 11.1 Å². The van der Waals surface area contributed by atoms with Gasteiger partial charge in [0.25, 0.3) is 0 Å². The Labute approximate surface area is 138 Å². The number of rotatable bonds is 6. The third-order valence-corrected chi connectivity index (χ3v) is 3.51. The number of ether oxygens (including phenoxy) is 1. The van der Waals surface area contributed by atoms with Gasteiger partial charge in [-0.15, -0.1) is 0 Å². The molecule has 0 spiro atoms. The van der Waals surface area contributed by atoms with E-state index in [1.54, 1.807) is 0 Å². The Morgan fingerprint density at radius 1 is 1.04 bits per heavy atom. The first-order chi connectivity index (χ1) is 11.4. The number of hydrogen-bond donors (Lipinski definition) is 1. The minimum absolute atomic E-state index is 0.252. The van der Waals surface area contributed by atoms with Gasteiger partial charge in [-0.2, -0.15) is 13.2 Å². The zero-order valence-corrected chi connectivity index (χ0v) is 13.1. The van der Waals surface area contributed by atoms with Gasteiger partial charge in [-0.25, -0.2) is 0 Å². The maximum Gasteiger partial charge on any atom is 0.422 e. The number of esters is 1. The first-order valence-electron chi connectivity index (χ1n) is 7.44. The number of alkyl halides is 3. The normalized spacial score (nSPS) is 12.7. The van der Waals surface area contributed by atoms with Crippen LogP contribution >= 0.6 is 0 Å². The van der Waals surface area contributed by atoms with Gasteiger partial charge in [0.1, 0.15) is 6.04 Å². The van der Waals surface area contributed by atoms with Gasteiger partial charge in [0, 0.05) is 0 Å². The van der Waals surface area contributed by atoms with Gasteiger partial charge in [-0.05, 0) is 30.2 Å². The molecule has 6 heteroatoms. The molecule has 0 amide bonds. The van der Waals surface area contributed by atoms with Crippen LogP contribution in [0, 0.1) is 0 Å². The van der Waals surface area contributed by atoms with E-state index in [-0.39, 0.29) is 6.42 Å². The summed E-state index contributed by atoms with van der Waals surface area (Å²) in [5, 5.41) is 2.69. The van der Waals surface area contributed by atoms with Crippen molar-refractivity contribution < 1.29 is 22.7 Å². The van der Waals surface area contributed by atoms with E-state index in [1.807, 2.05) is 54.6 Å². The topological polar surface area (TPSA) is 38.3 Å². The maximum absolute atomic E-state index is 12.1. The van der Waals surface area contributed by atoms with Crippen molar-refractivity contribution in [2.24, 2.45) is 0 Å². The molecule has 0 aromatic heterocycles. The third kappa shape index (κ3) is 5.38. The summed E-state index contributed by atoms with van der Waals surface area (Å²) < 4.78 is 40.7. The highest BCUT2D eigenvalue weighted by atomic mass is 19.4. The molecule has 3 nitrogen and oxygen atoms in total. The van der Waals surface area contributed by atoms with Crippen molar-refractivity contribution in [2.45, 2.75) is 18.6 Å². The molecule has 0 aliphatic heterocycles. The summed E-state index contributed by atoms with van der Waals surface area (Å²) in [7, 11) is 1.51. The van der Waals surface area contributed by atoms with E-state index >= 15 is 0 Å². The average molecular weight is 337 g/mol. The molecule has 0 saturated heterocycles. The molecule has 0 aliphatic carbocycles. The molecule has 2 rings (SSSR count). The lowest BCUT2D eigenvalue weighted by Crippen LogP contribution is -2.39. The molecule has 0 aliphatic rings. The Morgan fingerprint density at radius 2 is 1.62 bits per heavy atom. The van der Waals surface area contributed by atoms with Crippen LogP contribution in [0.2, 0.25) is 0 Å². The minimum Gasteiger partial charge on any atom is -0.455 e. The van der Waals surface area contributed by atoms with E-state index in [4.69, 9.17) is 0 Å². The molecular weight excluding hydrogens is 319 g/mol. The summed E-state index contributed by atoms with van der Waals surface area (Å²) in [5.74, 6) is -0.915. The van der Waals surface area contributed by atoms with E-state index in [0.717, 1.165) is 16.7 Å². The van der Waals surface area contributed by atoms with Crippen LogP contribution < -0.4 is 5.32 Å². The van der Waals surface area contributed by atoms with Crippen molar-refractivity contribution in [3.05, 3.63) is 60.2 Å². The third-order valence-electron chi connectivity index (χ3n) is 3.51.